The smallest absolute Gasteiger partial charge is 0.387 e. The molecule has 0 saturated carbocycles. The molecule has 0 saturated heterocycles. The minimum Gasteiger partial charge on any atom is -0.434 e. The number of rotatable bonds is 6. The molecule has 18 heavy (non-hydrogen) atoms. The topological polar surface area (TPSA) is 61.7 Å². The van der Waals surface area contributed by atoms with Crippen LogP contribution >= 0.6 is 0 Å². The Bertz CT molecular complexity index is 390. The molecule has 0 radical (unpaired) electrons. The summed E-state index contributed by atoms with van der Waals surface area (Å²) in [5, 5.41) is 21.9. The van der Waals surface area contributed by atoms with E-state index in [-0.39, 0.29) is 12.1 Å². The van der Waals surface area contributed by atoms with Gasteiger partial charge in [-0.2, -0.15) is 8.78 Å². The standard InChI is InChI=1S/C11H14F3NO3/c1-15-5-8(16)10(17)7-3-2-6(12)4-9(7)18-11(13)14/h2-4,8,10-11,15-17H,5H2,1H3. The van der Waals surface area contributed by atoms with Gasteiger partial charge >= 0.3 is 6.61 Å². The van der Waals surface area contributed by atoms with Gasteiger partial charge < -0.3 is 20.3 Å². The number of aliphatic hydroxyl groups excluding tert-OH is 2. The summed E-state index contributed by atoms with van der Waals surface area (Å²) in [5.41, 5.74) is -0.0977. The number of halogens is 3. The van der Waals surface area contributed by atoms with Gasteiger partial charge in [0.1, 0.15) is 17.7 Å². The van der Waals surface area contributed by atoms with Gasteiger partial charge in [-0.05, 0) is 19.2 Å². The maximum Gasteiger partial charge on any atom is 0.387 e. The molecule has 3 N–H and O–H groups in total. The number of aliphatic hydroxyl groups is 2. The van der Waals surface area contributed by atoms with Crippen molar-refractivity contribution in [1.82, 2.24) is 5.32 Å². The van der Waals surface area contributed by atoms with Crippen molar-refractivity contribution in [2.45, 2.75) is 18.8 Å². The number of hydrogen-bond donors (Lipinski definition) is 3. The number of ether oxygens (including phenoxy) is 1. The highest BCUT2D eigenvalue weighted by Gasteiger charge is 2.23. The Morgan fingerprint density at radius 1 is 1.33 bits per heavy atom. The van der Waals surface area contributed by atoms with Gasteiger partial charge in [0.05, 0.1) is 6.10 Å². The number of likely N-dealkylation sites (N-methyl/N-ethyl adjacent to an activating group) is 1. The van der Waals surface area contributed by atoms with Crippen molar-refractivity contribution in [3.05, 3.63) is 29.6 Å². The maximum atomic E-state index is 12.9. The minimum absolute atomic E-state index is 0.0483. The first-order valence-electron chi connectivity index (χ1n) is 5.20. The van der Waals surface area contributed by atoms with Gasteiger partial charge in [-0.3, -0.25) is 0 Å². The van der Waals surface area contributed by atoms with E-state index in [4.69, 9.17) is 0 Å². The Morgan fingerprint density at radius 3 is 2.56 bits per heavy atom. The molecule has 0 aromatic heterocycles. The van der Waals surface area contributed by atoms with E-state index < -0.39 is 30.4 Å². The summed E-state index contributed by atoms with van der Waals surface area (Å²) in [6.07, 6.45) is -2.67. The Morgan fingerprint density at radius 2 is 2.00 bits per heavy atom. The lowest BCUT2D eigenvalue weighted by Gasteiger charge is -2.20. The van der Waals surface area contributed by atoms with Gasteiger partial charge in [0.2, 0.25) is 0 Å². The highest BCUT2D eigenvalue weighted by molar-refractivity contribution is 5.36. The fraction of sp³-hybridized carbons (Fsp3) is 0.455. The molecule has 0 aliphatic rings. The van der Waals surface area contributed by atoms with E-state index in [0.717, 1.165) is 18.2 Å². The summed E-state index contributed by atoms with van der Waals surface area (Å²) in [6, 6.07) is 2.82. The van der Waals surface area contributed by atoms with Crippen LogP contribution in [0.4, 0.5) is 13.2 Å². The van der Waals surface area contributed by atoms with E-state index >= 15 is 0 Å². The fourth-order valence-electron chi connectivity index (χ4n) is 1.48. The first kappa shape index (κ1) is 14.7. The summed E-state index contributed by atoms with van der Waals surface area (Å²) in [7, 11) is 1.55. The molecule has 0 amide bonds. The second-order valence-electron chi connectivity index (χ2n) is 3.63. The fourth-order valence-corrected chi connectivity index (χ4v) is 1.48. The molecule has 7 heteroatoms. The van der Waals surface area contributed by atoms with Gasteiger partial charge in [-0.15, -0.1) is 0 Å². The number of benzene rings is 1. The van der Waals surface area contributed by atoms with Crippen molar-refractivity contribution in [2.24, 2.45) is 0 Å². The van der Waals surface area contributed by atoms with E-state index in [1.54, 1.807) is 7.05 Å². The van der Waals surface area contributed by atoms with E-state index in [2.05, 4.69) is 10.1 Å². The number of hydrogen-bond acceptors (Lipinski definition) is 4. The lowest BCUT2D eigenvalue weighted by atomic mass is 10.0. The van der Waals surface area contributed by atoms with Gasteiger partial charge in [-0.25, -0.2) is 4.39 Å². The summed E-state index contributed by atoms with van der Waals surface area (Å²) in [4.78, 5) is 0. The quantitative estimate of drug-likeness (QED) is 0.719. The van der Waals surface area contributed by atoms with Crippen LogP contribution in [0.3, 0.4) is 0 Å². The third kappa shape index (κ3) is 3.86. The summed E-state index contributed by atoms with van der Waals surface area (Å²) < 4.78 is 41.3. The highest BCUT2D eigenvalue weighted by atomic mass is 19.3. The second kappa shape index (κ2) is 6.58. The third-order valence-corrected chi connectivity index (χ3v) is 2.29. The van der Waals surface area contributed by atoms with Crippen molar-refractivity contribution < 1.29 is 28.1 Å². The highest BCUT2D eigenvalue weighted by Crippen LogP contribution is 2.29. The largest absolute Gasteiger partial charge is 0.434 e. The zero-order valence-electron chi connectivity index (χ0n) is 9.61. The monoisotopic (exact) mass is 265 g/mol. The van der Waals surface area contributed by atoms with Gasteiger partial charge in [0, 0.05) is 18.2 Å². The molecule has 0 aliphatic heterocycles. The Kier molecular flexibility index (Phi) is 5.39. The second-order valence-corrected chi connectivity index (χ2v) is 3.63. The molecule has 102 valence electrons. The molecular weight excluding hydrogens is 251 g/mol. The van der Waals surface area contributed by atoms with Gasteiger partial charge in [-0.1, -0.05) is 0 Å². The van der Waals surface area contributed by atoms with Crippen molar-refractivity contribution >= 4 is 0 Å². The van der Waals surface area contributed by atoms with Crippen LogP contribution in [0.25, 0.3) is 0 Å². The molecule has 1 aromatic rings. The van der Waals surface area contributed by atoms with Crippen LogP contribution in [0.1, 0.15) is 11.7 Å². The predicted molar refractivity (Wildman–Crippen MR) is 57.9 cm³/mol. The third-order valence-electron chi connectivity index (χ3n) is 2.29. The van der Waals surface area contributed by atoms with Crippen molar-refractivity contribution in [3.8, 4) is 5.75 Å². The first-order valence-corrected chi connectivity index (χ1v) is 5.20. The molecule has 2 atom stereocenters. The molecule has 4 nitrogen and oxygen atoms in total. The molecule has 0 heterocycles. The lowest BCUT2D eigenvalue weighted by Crippen LogP contribution is -2.30. The minimum atomic E-state index is -3.14. The van der Waals surface area contributed by atoms with Crippen molar-refractivity contribution in [2.75, 3.05) is 13.6 Å². The normalized spacial score (nSPS) is 14.6. The molecule has 2 unspecified atom stereocenters. The zero-order chi connectivity index (χ0) is 13.7. The van der Waals surface area contributed by atoms with Crippen LogP contribution < -0.4 is 10.1 Å². The van der Waals surface area contributed by atoms with E-state index in [9.17, 15) is 23.4 Å². The molecule has 0 spiro atoms. The van der Waals surface area contributed by atoms with Gasteiger partial charge in [0.15, 0.2) is 0 Å². The van der Waals surface area contributed by atoms with Crippen molar-refractivity contribution in [3.63, 3.8) is 0 Å². The molecule has 1 aromatic carbocycles. The average Bonchev–Trinajstić information content (AvgIpc) is 2.28. The number of nitrogens with one attached hydrogen (secondary N) is 1. The van der Waals surface area contributed by atoms with Crippen molar-refractivity contribution in [1.29, 1.82) is 0 Å². The Balaban J connectivity index is 2.99. The summed E-state index contributed by atoms with van der Waals surface area (Å²) >= 11 is 0. The molecule has 0 aliphatic carbocycles. The Hall–Kier alpha value is -1.31. The van der Waals surface area contributed by atoms with E-state index in [0.29, 0.717) is 0 Å². The average molecular weight is 265 g/mol. The SMILES string of the molecule is CNCC(O)C(O)c1ccc(F)cc1OC(F)F. The number of alkyl halides is 2. The van der Waals surface area contributed by atoms with Crippen LogP contribution in [0.2, 0.25) is 0 Å². The maximum absolute atomic E-state index is 12.9. The molecule has 0 bridgehead atoms. The Labute approximate surface area is 102 Å². The van der Waals surface area contributed by atoms with Crippen LogP contribution in [0.5, 0.6) is 5.75 Å². The summed E-state index contributed by atoms with van der Waals surface area (Å²) in [5.74, 6) is -1.27. The van der Waals surface area contributed by atoms with E-state index in [1.807, 2.05) is 0 Å². The first-order chi connectivity index (χ1) is 8.45. The van der Waals surface area contributed by atoms with Crippen LogP contribution in [0.15, 0.2) is 18.2 Å². The predicted octanol–water partition coefficient (Wildman–Crippen LogP) is 1.04. The summed E-state index contributed by atoms with van der Waals surface area (Å²) in [6.45, 7) is -3.09. The van der Waals surface area contributed by atoms with Crippen LogP contribution in [0, 0.1) is 5.82 Å². The molecule has 0 fully saturated rings. The van der Waals surface area contributed by atoms with Crippen LogP contribution in [-0.2, 0) is 0 Å². The lowest BCUT2D eigenvalue weighted by molar-refractivity contribution is -0.0539. The molecule has 1 rings (SSSR count). The van der Waals surface area contributed by atoms with Gasteiger partial charge in [0.25, 0.3) is 0 Å². The molecular formula is C11H14F3NO3. The zero-order valence-corrected chi connectivity index (χ0v) is 9.61. The van der Waals surface area contributed by atoms with E-state index in [1.165, 1.54) is 0 Å². The van der Waals surface area contributed by atoms with Crippen LogP contribution in [-0.4, -0.2) is 36.5 Å².